The van der Waals surface area contributed by atoms with Gasteiger partial charge in [0.15, 0.2) is 0 Å². The molecule has 1 amide bonds. The first-order valence-corrected chi connectivity index (χ1v) is 9.80. The molecule has 0 unspecified atom stereocenters. The summed E-state index contributed by atoms with van der Waals surface area (Å²) in [6.07, 6.45) is 0. The molecule has 0 aliphatic heterocycles. The second-order valence-electron chi connectivity index (χ2n) is 6.72. The van der Waals surface area contributed by atoms with Crippen molar-refractivity contribution in [2.24, 2.45) is 0 Å². The number of benzene rings is 3. The average molecular weight is 415 g/mol. The minimum Gasteiger partial charge on any atom is -0.340 e. The van der Waals surface area contributed by atoms with Gasteiger partial charge in [-0.1, -0.05) is 48.0 Å². The van der Waals surface area contributed by atoms with Crippen LogP contribution in [0.25, 0.3) is 11.3 Å². The van der Waals surface area contributed by atoms with Crippen molar-refractivity contribution >= 4 is 34.7 Å². The summed E-state index contributed by atoms with van der Waals surface area (Å²) in [7, 11) is 0. The summed E-state index contributed by atoms with van der Waals surface area (Å²) in [5.41, 5.74) is 3.89. The van der Waals surface area contributed by atoms with Gasteiger partial charge in [-0.05, 0) is 49.4 Å². The zero-order valence-corrected chi connectivity index (χ0v) is 17.0. The van der Waals surface area contributed by atoms with Crippen molar-refractivity contribution in [3.63, 3.8) is 0 Å². The summed E-state index contributed by atoms with van der Waals surface area (Å²) in [6, 6.07) is 26.1. The predicted molar refractivity (Wildman–Crippen MR) is 121 cm³/mol. The van der Waals surface area contributed by atoms with Crippen molar-refractivity contribution in [1.82, 2.24) is 9.97 Å². The van der Waals surface area contributed by atoms with Crippen LogP contribution < -0.4 is 10.6 Å². The van der Waals surface area contributed by atoms with Gasteiger partial charge in [0.25, 0.3) is 5.91 Å². The number of carbonyl (C=O) groups excluding carboxylic acids is 1. The second kappa shape index (κ2) is 8.76. The van der Waals surface area contributed by atoms with E-state index in [0.717, 1.165) is 16.9 Å². The number of amides is 1. The molecular weight excluding hydrogens is 396 g/mol. The Morgan fingerprint density at radius 2 is 1.57 bits per heavy atom. The van der Waals surface area contributed by atoms with Crippen molar-refractivity contribution in [3.05, 3.63) is 101 Å². The molecule has 0 aliphatic carbocycles. The van der Waals surface area contributed by atoms with Gasteiger partial charge in [0.2, 0.25) is 0 Å². The normalized spacial score (nSPS) is 10.5. The molecule has 4 rings (SSSR count). The van der Waals surface area contributed by atoms with E-state index in [0.29, 0.717) is 27.9 Å². The topological polar surface area (TPSA) is 66.9 Å². The highest BCUT2D eigenvalue weighted by Crippen LogP contribution is 2.24. The molecule has 5 nitrogen and oxygen atoms in total. The maximum absolute atomic E-state index is 12.4. The number of aryl methyl sites for hydroxylation is 1. The Labute approximate surface area is 179 Å². The van der Waals surface area contributed by atoms with Crippen molar-refractivity contribution in [1.29, 1.82) is 0 Å². The molecule has 0 radical (unpaired) electrons. The van der Waals surface area contributed by atoms with Crippen molar-refractivity contribution < 1.29 is 4.79 Å². The molecule has 3 aromatic carbocycles. The van der Waals surface area contributed by atoms with E-state index >= 15 is 0 Å². The average Bonchev–Trinajstić information content (AvgIpc) is 2.75. The molecule has 4 aromatic rings. The molecule has 0 aliphatic rings. The minimum atomic E-state index is -0.201. The first kappa shape index (κ1) is 19.6. The number of carbonyl (C=O) groups is 1. The lowest BCUT2D eigenvalue weighted by Gasteiger charge is -2.11. The van der Waals surface area contributed by atoms with Crippen LogP contribution in [0.1, 0.15) is 16.2 Å². The summed E-state index contributed by atoms with van der Waals surface area (Å²) in [4.78, 5) is 21.4. The van der Waals surface area contributed by atoms with Gasteiger partial charge >= 0.3 is 0 Å². The molecule has 1 heterocycles. The summed E-state index contributed by atoms with van der Waals surface area (Å²) in [5.74, 6) is 1.15. The van der Waals surface area contributed by atoms with Crippen LogP contribution in [0.4, 0.5) is 17.2 Å². The maximum Gasteiger partial charge on any atom is 0.255 e. The Bertz CT molecular complexity index is 1180. The second-order valence-corrected chi connectivity index (χ2v) is 7.15. The predicted octanol–water partition coefficient (Wildman–Crippen LogP) is 6.10. The standard InChI is InChI=1S/C24H19ClN4O/c1-16-26-22(17-6-3-2-4-7-17)15-23(27-16)28-20-8-5-9-21(14-20)29-24(30)18-10-12-19(25)13-11-18/h2-15H,1H3,(H,29,30)(H,26,27,28). The lowest BCUT2D eigenvalue weighted by Crippen LogP contribution is -2.11. The molecule has 6 heteroatoms. The zero-order chi connectivity index (χ0) is 20.9. The fourth-order valence-corrected chi connectivity index (χ4v) is 3.14. The quantitative estimate of drug-likeness (QED) is 0.414. The van der Waals surface area contributed by atoms with E-state index in [1.807, 2.05) is 67.6 Å². The number of hydrogen-bond donors (Lipinski definition) is 2. The van der Waals surface area contributed by atoms with Gasteiger partial charge < -0.3 is 10.6 Å². The first-order chi connectivity index (χ1) is 14.6. The minimum absolute atomic E-state index is 0.201. The van der Waals surface area contributed by atoms with E-state index in [1.165, 1.54) is 0 Å². The molecule has 0 saturated carbocycles. The summed E-state index contributed by atoms with van der Waals surface area (Å²) >= 11 is 5.89. The Balaban J connectivity index is 1.53. The van der Waals surface area contributed by atoms with E-state index in [2.05, 4.69) is 20.6 Å². The third-order valence-corrected chi connectivity index (χ3v) is 4.66. The number of halogens is 1. The Hall–Kier alpha value is -3.70. The molecule has 0 bridgehead atoms. The Morgan fingerprint density at radius 3 is 2.33 bits per heavy atom. The van der Waals surface area contributed by atoms with Crippen LogP contribution in [0.2, 0.25) is 5.02 Å². The number of aromatic nitrogens is 2. The van der Waals surface area contributed by atoms with Crippen LogP contribution in [-0.4, -0.2) is 15.9 Å². The van der Waals surface area contributed by atoms with Crippen LogP contribution >= 0.6 is 11.6 Å². The zero-order valence-electron chi connectivity index (χ0n) is 16.3. The molecule has 148 valence electrons. The van der Waals surface area contributed by atoms with Gasteiger partial charge in [-0.15, -0.1) is 0 Å². The number of anilines is 3. The van der Waals surface area contributed by atoms with Crippen LogP contribution in [0.5, 0.6) is 0 Å². The first-order valence-electron chi connectivity index (χ1n) is 9.42. The Kier molecular flexibility index (Phi) is 5.72. The number of hydrogen-bond acceptors (Lipinski definition) is 4. The SMILES string of the molecule is Cc1nc(Nc2cccc(NC(=O)c3ccc(Cl)cc3)c2)cc(-c2ccccc2)n1. The van der Waals surface area contributed by atoms with E-state index in [4.69, 9.17) is 11.6 Å². The summed E-state index contributed by atoms with van der Waals surface area (Å²) in [5, 5.41) is 6.78. The van der Waals surface area contributed by atoms with Gasteiger partial charge in [0.1, 0.15) is 11.6 Å². The molecule has 30 heavy (non-hydrogen) atoms. The Morgan fingerprint density at radius 1 is 0.833 bits per heavy atom. The van der Waals surface area contributed by atoms with Gasteiger partial charge in [-0.3, -0.25) is 4.79 Å². The highest BCUT2D eigenvalue weighted by Gasteiger charge is 2.08. The van der Waals surface area contributed by atoms with Crippen LogP contribution in [-0.2, 0) is 0 Å². The van der Waals surface area contributed by atoms with E-state index in [1.54, 1.807) is 24.3 Å². The van der Waals surface area contributed by atoms with Gasteiger partial charge in [0.05, 0.1) is 5.69 Å². The van der Waals surface area contributed by atoms with Crippen molar-refractivity contribution in [2.45, 2.75) is 6.92 Å². The smallest absolute Gasteiger partial charge is 0.255 e. The lowest BCUT2D eigenvalue weighted by atomic mass is 10.1. The van der Waals surface area contributed by atoms with E-state index in [9.17, 15) is 4.79 Å². The van der Waals surface area contributed by atoms with E-state index < -0.39 is 0 Å². The number of rotatable bonds is 5. The van der Waals surface area contributed by atoms with Crippen LogP contribution in [0.3, 0.4) is 0 Å². The van der Waals surface area contributed by atoms with Gasteiger partial charge in [0, 0.05) is 33.6 Å². The monoisotopic (exact) mass is 414 g/mol. The fourth-order valence-electron chi connectivity index (χ4n) is 3.02. The fraction of sp³-hybridized carbons (Fsp3) is 0.0417. The maximum atomic E-state index is 12.4. The van der Waals surface area contributed by atoms with Gasteiger partial charge in [-0.25, -0.2) is 9.97 Å². The molecular formula is C24H19ClN4O. The number of nitrogens with one attached hydrogen (secondary N) is 2. The molecule has 2 N–H and O–H groups in total. The van der Waals surface area contributed by atoms with Crippen molar-refractivity contribution in [2.75, 3.05) is 10.6 Å². The third-order valence-electron chi connectivity index (χ3n) is 4.41. The van der Waals surface area contributed by atoms with Crippen LogP contribution in [0.15, 0.2) is 84.9 Å². The molecule has 0 saturated heterocycles. The lowest BCUT2D eigenvalue weighted by molar-refractivity contribution is 0.102. The molecule has 1 aromatic heterocycles. The summed E-state index contributed by atoms with van der Waals surface area (Å²) in [6.45, 7) is 1.86. The molecule has 0 spiro atoms. The largest absolute Gasteiger partial charge is 0.340 e. The summed E-state index contributed by atoms with van der Waals surface area (Å²) < 4.78 is 0. The van der Waals surface area contributed by atoms with Crippen LogP contribution in [0, 0.1) is 6.92 Å². The van der Waals surface area contributed by atoms with E-state index in [-0.39, 0.29) is 5.91 Å². The van der Waals surface area contributed by atoms with Gasteiger partial charge in [-0.2, -0.15) is 0 Å². The highest BCUT2D eigenvalue weighted by atomic mass is 35.5. The number of nitrogens with zero attached hydrogens (tertiary/aromatic N) is 2. The highest BCUT2D eigenvalue weighted by molar-refractivity contribution is 6.30. The molecule has 0 fully saturated rings. The molecule has 0 atom stereocenters. The van der Waals surface area contributed by atoms with Crippen molar-refractivity contribution in [3.8, 4) is 11.3 Å². The third kappa shape index (κ3) is 4.82.